The number of aromatic carboxylic acids is 1. The minimum atomic E-state index is -1.00. The van der Waals surface area contributed by atoms with Crippen molar-refractivity contribution in [3.8, 4) is 11.5 Å². The molecule has 0 atom stereocenters. The highest BCUT2D eigenvalue weighted by atomic mass is 19.1. The standard InChI is InChI=1S/C14H11FO3/c1-9-8-10(14(16)17)6-7-12(9)18-13-5-3-2-4-11(13)15/h2-8H,1H3,(H,16,17). The van der Waals surface area contributed by atoms with Crippen LogP contribution in [0.15, 0.2) is 42.5 Å². The minimum Gasteiger partial charge on any atom is -0.478 e. The Labute approximate surface area is 103 Å². The van der Waals surface area contributed by atoms with E-state index in [1.54, 1.807) is 19.1 Å². The number of benzene rings is 2. The molecule has 0 saturated carbocycles. The van der Waals surface area contributed by atoms with Gasteiger partial charge in [0.1, 0.15) is 5.75 Å². The number of hydrogen-bond acceptors (Lipinski definition) is 2. The van der Waals surface area contributed by atoms with Gasteiger partial charge in [-0.3, -0.25) is 0 Å². The molecule has 18 heavy (non-hydrogen) atoms. The molecule has 0 spiro atoms. The van der Waals surface area contributed by atoms with Crippen LogP contribution in [0.25, 0.3) is 0 Å². The van der Waals surface area contributed by atoms with Gasteiger partial charge in [-0.2, -0.15) is 0 Å². The van der Waals surface area contributed by atoms with Crippen molar-refractivity contribution in [1.82, 2.24) is 0 Å². The van der Waals surface area contributed by atoms with Crippen LogP contribution in [0.1, 0.15) is 15.9 Å². The van der Waals surface area contributed by atoms with Crippen molar-refractivity contribution in [3.05, 3.63) is 59.4 Å². The lowest BCUT2D eigenvalue weighted by atomic mass is 10.1. The highest BCUT2D eigenvalue weighted by Gasteiger charge is 2.09. The van der Waals surface area contributed by atoms with Crippen LogP contribution in [0.2, 0.25) is 0 Å². The summed E-state index contributed by atoms with van der Waals surface area (Å²) in [7, 11) is 0. The number of ether oxygens (including phenoxy) is 1. The maximum atomic E-state index is 13.4. The van der Waals surface area contributed by atoms with Gasteiger partial charge in [0.25, 0.3) is 0 Å². The molecule has 0 radical (unpaired) electrons. The van der Waals surface area contributed by atoms with E-state index in [1.165, 1.54) is 30.3 Å². The third kappa shape index (κ3) is 2.48. The summed E-state index contributed by atoms with van der Waals surface area (Å²) in [6.07, 6.45) is 0. The number of hydrogen-bond donors (Lipinski definition) is 1. The second-order valence-electron chi connectivity index (χ2n) is 3.82. The monoisotopic (exact) mass is 246 g/mol. The first-order valence-electron chi connectivity index (χ1n) is 5.34. The zero-order chi connectivity index (χ0) is 13.1. The molecule has 2 rings (SSSR count). The van der Waals surface area contributed by atoms with Crippen LogP contribution in [-0.2, 0) is 0 Å². The number of halogens is 1. The van der Waals surface area contributed by atoms with E-state index in [4.69, 9.17) is 9.84 Å². The van der Waals surface area contributed by atoms with Crippen molar-refractivity contribution in [1.29, 1.82) is 0 Å². The molecule has 2 aromatic carbocycles. The Bertz CT molecular complexity index is 593. The van der Waals surface area contributed by atoms with Crippen LogP contribution >= 0.6 is 0 Å². The van der Waals surface area contributed by atoms with Gasteiger partial charge in [-0.15, -0.1) is 0 Å². The molecule has 0 bridgehead atoms. The Kier molecular flexibility index (Phi) is 3.28. The van der Waals surface area contributed by atoms with Crippen molar-refractivity contribution >= 4 is 5.97 Å². The highest BCUT2D eigenvalue weighted by molar-refractivity contribution is 5.88. The molecule has 4 heteroatoms. The molecule has 0 aliphatic heterocycles. The van der Waals surface area contributed by atoms with Crippen LogP contribution in [0, 0.1) is 12.7 Å². The van der Waals surface area contributed by atoms with Gasteiger partial charge >= 0.3 is 5.97 Å². The molecular weight excluding hydrogens is 235 g/mol. The summed E-state index contributed by atoms with van der Waals surface area (Å²) in [4.78, 5) is 10.8. The predicted molar refractivity (Wildman–Crippen MR) is 64.6 cm³/mol. The van der Waals surface area contributed by atoms with Crippen molar-refractivity contribution in [3.63, 3.8) is 0 Å². The van der Waals surface area contributed by atoms with E-state index in [0.717, 1.165) is 0 Å². The molecule has 0 aromatic heterocycles. The number of rotatable bonds is 3. The Morgan fingerprint density at radius 2 is 1.89 bits per heavy atom. The van der Waals surface area contributed by atoms with Crippen LogP contribution < -0.4 is 4.74 Å². The summed E-state index contributed by atoms with van der Waals surface area (Å²) in [6.45, 7) is 1.71. The van der Waals surface area contributed by atoms with Crippen LogP contribution in [0.4, 0.5) is 4.39 Å². The maximum absolute atomic E-state index is 13.4. The first-order valence-corrected chi connectivity index (χ1v) is 5.34. The number of para-hydroxylation sites is 1. The number of aryl methyl sites for hydroxylation is 1. The lowest BCUT2D eigenvalue weighted by Crippen LogP contribution is -1.98. The third-order valence-corrected chi connectivity index (χ3v) is 2.48. The number of carbonyl (C=O) groups is 1. The molecule has 1 N–H and O–H groups in total. The second kappa shape index (κ2) is 4.87. The van der Waals surface area contributed by atoms with Gasteiger partial charge in [-0.05, 0) is 42.8 Å². The summed E-state index contributed by atoms with van der Waals surface area (Å²) in [5, 5.41) is 8.83. The fourth-order valence-electron chi connectivity index (χ4n) is 1.54. The molecule has 0 aliphatic carbocycles. The first kappa shape index (κ1) is 12.1. The average Bonchev–Trinajstić information content (AvgIpc) is 2.34. The fraction of sp³-hybridized carbons (Fsp3) is 0.0714. The third-order valence-electron chi connectivity index (χ3n) is 2.48. The topological polar surface area (TPSA) is 46.5 Å². The van der Waals surface area contributed by atoms with Crippen molar-refractivity contribution in [2.75, 3.05) is 0 Å². The van der Waals surface area contributed by atoms with Gasteiger partial charge in [0.15, 0.2) is 11.6 Å². The van der Waals surface area contributed by atoms with Crippen LogP contribution in [0.5, 0.6) is 11.5 Å². The maximum Gasteiger partial charge on any atom is 0.335 e. The lowest BCUT2D eigenvalue weighted by Gasteiger charge is -2.09. The molecular formula is C14H11FO3. The molecule has 0 aliphatic rings. The van der Waals surface area contributed by atoms with E-state index in [-0.39, 0.29) is 11.3 Å². The second-order valence-corrected chi connectivity index (χ2v) is 3.82. The zero-order valence-electron chi connectivity index (χ0n) is 9.68. The van der Waals surface area contributed by atoms with Gasteiger partial charge in [0, 0.05) is 0 Å². The summed E-state index contributed by atoms with van der Waals surface area (Å²) >= 11 is 0. The zero-order valence-corrected chi connectivity index (χ0v) is 9.68. The van der Waals surface area contributed by atoms with Gasteiger partial charge in [-0.1, -0.05) is 12.1 Å². The Hall–Kier alpha value is -2.36. The van der Waals surface area contributed by atoms with Gasteiger partial charge in [0.2, 0.25) is 0 Å². The van der Waals surface area contributed by atoms with E-state index in [1.807, 2.05) is 0 Å². The molecule has 0 unspecified atom stereocenters. The van der Waals surface area contributed by atoms with Crippen LogP contribution in [-0.4, -0.2) is 11.1 Å². The summed E-state index contributed by atoms with van der Waals surface area (Å²) < 4.78 is 18.8. The fourth-order valence-corrected chi connectivity index (χ4v) is 1.54. The minimum absolute atomic E-state index is 0.115. The summed E-state index contributed by atoms with van der Waals surface area (Å²) in [5.74, 6) is -0.913. The van der Waals surface area contributed by atoms with Crippen molar-refractivity contribution in [2.24, 2.45) is 0 Å². The molecule has 0 saturated heterocycles. The molecule has 2 aromatic rings. The average molecular weight is 246 g/mol. The van der Waals surface area contributed by atoms with E-state index < -0.39 is 11.8 Å². The first-order chi connectivity index (χ1) is 8.58. The summed E-state index contributed by atoms with van der Waals surface area (Å²) in [6, 6.07) is 10.5. The molecule has 3 nitrogen and oxygen atoms in total. The number of carboxylic acid groups (broad SMARTS) is 1. The Morgan fingerprint density at radius 1 is 1.17 bits per heavy atom. The van der Waals surface area contributed by atoms with E-state index in [2.05, 4.69) is 0 Å². The molecule has 0 fully saturated rings. The molecule has 0 amide bonds. The SMILES string of the molecule is Cc1cc(C(=O)O)ccc1Oc1ccccc1F. The van der Waals surface area contributed by atoms with Crippen molar-refractivity contribution in [2.45, 2.75) is 6.92 Å². The highest BCUT2D eigenvalue weighted by Crippen LogP contribution is 2.27. The van der Waals surface area contributed by atoms with Crippen molar-refractivity contribution < 1.29 is 19.0 Å². The van der Waals surface area contributed by atoms with Gasteiger partial charge < -0.3 is 9.84 Å². The molecule has 0 heterocycles. The van der Waals surface area contributed by atoms with E-state index >= 15 is 0 Å². The van der Waals surface area contributed by atoms with Gasteiger partial charge in [0.05, 0.1) is 5.56 Å². The van der Waals surface area contributed by atoms with Gasteiger partial charge in [-0.25, -0.2) is 9.18 Å². The smallest absolute Gasteiger partial charge is 0.335 e. The Morgan fingerprint density at radius 3 is 2.50 bits per heavy atom. The normalized spacial score (nSPS) is 10.1. The van der Waals surface area contributed by atoms with Crippen LogP contribution in [0.3, 0.4) is 0 Å². The predicted octanol–water partition coefficient (Wildman–Crippen LogP) is 3.62. The molecule has 92 valence electrons. The number of carboxylic acids is 1. The lowest BCUT2D eigenvalue weighted by molar-refractivity contribution is 0.0697. The quantitative estimate of drug-likeness (QED) is 0.899. The summed E-state index contributed by atoms with van der Waals surface area (Å²) in [5.41, 5.74) is 0.812. The van der Waals surface area contributed by atoms with E-state index in [0.29, 0.717) is 11.3 Å². The largest absolute Gasteiger partial charge is 0.478 e. The Balaban J connectivity index is 2.30. The van der Waals surface area contributed by atoms with E-state index in [9.17, 15) is 9.18 Å².